The summed E-state index contributed by atoms with van der Waals surface area (Å²) in [7, 11) is -2.02. The van der Waals surface area contributed by atoms with E-state index < -0.39 is 15.9 Å². The number of benzene rings is 3. The Morgan fingerprint density at radius 2 is 1.79 bits per heavy atom. The van der Waals surface area contributed by atoms with Gasteiger partial charge in [-0.15, -0.1) is 0 Å². The lowest BCUT2D eigenvalue weighted by Crippen LogP contribution is -2.21. The van der Waals surface area contributed by atoms with Gasteiger partial charge in [0, 0.05) is 35.6 Å². The van der Waals surface area contributed by atoms with E-state index in [1.165, 1.54) is 30.5 Å². The number of anilines is 2. The second kappa shape index (κ2) is 11.0. The van der Waals surface area contributed by atoms with E-state index in [9.17, 15) is 13.2 Å². The lowest BCUT2D eigenvalue weighted by molar-refractivity contribution is 0.0955. The monoisotopic (exact) mass is 486 g/mol. The maximum absolute atomic E-state index is 12.7. The Labute approximate surface area is 197 Å². The lowest BCUT2D eigenvalue weighted by Gasteiger charge is -2.17. The van der Waals surface area contributed by atoms with E-state index in [4.69, 9.17) is 16.7 Å². The number of halogens is 1. The molecule has 0 bridgehead atoms. The van der Waals surface area contributed by atoms with Gasteiger partial charge in [0.05, 0.1) is 17.7 Å². The number of carbonyl (C=O) groups is 1. The van der Waals surface area contributed by atoms with Crippen LogP contribution in [0.5, 0.6) is 0 Å². The molecule has 1 amide bonds. The average Bonchev–Trinajstić information content (AvgIpc) is 2.81. The van der Waals surface area contributed by atoms with Crippen LogP contribution in [0.15, 0.2) is 82.8 Å². The normalized spacial score (nSPS) is 11.4. The zero-order valence-corrected chi connectivity index (χ0v) is 19.3. The summed E-state index contributed by atoms with van der Waals surface area (Å²) in [6.45, 7) is 0.582. The fraction of sp³-hybridized carbons (Fsp3) is 0.130. The molecule has 0 radical (unpaired) electrons. The van der Waals surface area contributed by atoms with Crippen molar-refractivity contribution in [1.82, 2.24) is 5.43 Å². The van der Waals surface area contributed by atoms with Crippen LogP contribution in [0.25, 0.3) is 0 Å². The van der Waals surface area contributed by atoms with E-state index in [-0.39, 0.29) is 17.1 Å². The van der Waals surface area contributed by atoms with Crippen LogP contribution in [0, 0.1) is 0 Å². The number of hydrogen-bond acceptors (Lipinski definition) is 6. The molecular formula is C23H23ClN4O4S. The van der Waals surface area contributed by atoms with Crippen molar-refractivity contribution in [2.75, 3.05) is 29.8 Å². The topological polar surface area (TPSA) is 111 Å². The first-order valence-corrected chi connectivity index (χ1v) is 11.8. The maximum Gasteiger partial charge on any atom is 0.271 e. The number of aliphatic hydroxyl groups excluding tert-OH is 1. The number of hydrazone groups is 1. The van der Waals surface area contributed by atoms with Crippen molar-refractivity contribution in [1.29, 1.82) is 0 Å². The summed E-state index contributed by atoms with van der Waals surface area (Å²) in [5.41, 5.74) is 4.60. The fourth-order valence-corrected chi connectivity index (χ4v) is 4.09. The van der Waals surface area contributed by atoms with Gasteiger partial charge in [-0.05, 0) is 60.2 Å². The molecule has 0 spiro atoms. The molecule has 3 N–H and O–H groups in total. The van der Waals surface area contributed by atoms with Crippen LogP contribution in [-0.4, -0.2) is 45.8 Å². The van der Waals surface area contributed by atoms with Crippen molar-refractivity contribution in [3.8, 4) is 0 Å². The van der Waals surface area contributed by atoms with Gasteiger partial charge in [0.25, 0.3) is 15.9 Å². The second-order valence-electron chi connectivity index (χ2n) is 7.08. The first kappa shape index (κ1) is 24.2. The molecule has 3 rings (SSSR count). The summed E-state index contributed by atoms with van der Waals surface area (Å²) >= 11 is 5.82. The lowest BCUT2D eigenvalue weighted by atomic mass is 10.2. The van der Waals surface area contributed by atoms with Crippen LogP contribution in [0.4, 0.5) is 11.4 Å². The van der Waals surface area contributed by atoms with E-state index in [1.54, 1.807) is 24.3 Å². The van der Waals surface area contributed by atoms with Crippen molar-refractivity contribution in [3.05, 3.63) is 88.9 Å². The van der Waals surface area contributed by atoms with Crippen LogP contribution in [-0.2, 0) is 10.0 Å². The van der Waals surface area contributed by atoms with E-state index >= 15 is 0 Å². The van der Waals surface area contributed by atoms with Gasteiger partial charge in [-0.1, -0.05) is 29.8 Å². The Kier molecular flexibility index (Phi) is 8.05. The predicted molar refractivity (Wildman–Crippen MR) is 131 cm³/mol. The highest BCUT2D eigenvalue weighted by molar-refractivity contribution is 7.92. The number of rotatable bonds is 9. The predicted octanol–water partition coefficient (Wildman–Crippen LogP) is 3.33. The van der Waals surface area contributed by atoms with Crippen molar-refractivity contribution < 1.29 is 18.3 Å². The van der Waals surface area contributed by atoms with Crippen molar-refractivity contribution in [2.24, 2.45) is 5.10 Å². The summed E-state index contributed by atoms with van der Waals surface area (Å²) in [4.78, 5) is 14.3. The van der Waals surface area contributed by atoms with E-state index in [1.807, 2.05) is 36.2 Å². The molecule has 33 heavy (non-hydrogen) atoms. The number of sulfonamides is 1. The van der Waals surface area contributed by atoms with Gasteiger partial charge in [-0.3, -0.25) is 9.52 Å². The molecule has 3 aromatic rings. The smallest absolute Gasteiger partial charge is 0.271 e. The molecule has 0 atom stereocenters. The molecule has 0 fully saturated rings. The van der Waals surface area contributed by atoms with E-state index in [0.717, 1.165) is 11.3 Å². The van der Waals surface area contributed by atoms with Crippen LogP contribution < -0.4 is 15.0 Å². The quantitative estimate of drug-likeness (QED) is 0.317. The number of nitrogens with one attached hydrogen (secondary N) is 2. The number of amides is 1. The van der Waals surface area contributed by atoms with Crippen LogP contribution in [0.2, 0.25) is 5.02 Å². The molecule has 0 aromatic heterocycles. The number of likely N-dealkylation sites (N-methyl/N-ethyl adjacent to an activating group) is 1. The van der Waals surface area contributed by atoms with E-state index in [0.29, 0.717) is 17.3 Å². The highest BCUT2D eigenvalue weighted by atomic mass is 35.5. The number of aliphatic hydroxyl groups is 1. The molecule has 8 nitrogen and oxygen atoms in total. The van der Waals surface area contributed by atoms with Crippen LogP contribution in [0.3, 0.4) is 0 Å². The SMILES string of the molecule is CN(CCO)c1ccc(C=NNC(=O)c2cccc(S(=O)(=O)Nc3ccc(Cl)cc3)c2)cc1. The zero-order chi connectivity index (χ0) is 23.8. The fourth-order valence-electron chi connectivity index (χ4n) is 2.86. The zero-order valence-electron chi connectivity index (χ0n) is 17.8. The largest absolute Gasteiger partial charge is 0.395 e. The first-order chi connectivity index (χ1) is 15.8. The third-order valence-electron chi connectivity index (χ3n) is 4.65. The van der Waals surface area contributed by atoms with Gasteiger partial charge in [-0.25, -0.2) is 13.8 Å². The standard InChI is InChI=1S/C23H23ClN4O4S/c1-28(13-14-29)21-11-5-17(6-12-21)16-25-26-23(30)18-3-2-4-22(15-18)33(31,32)27-20-9-7-19(24)8-10-20/h2-12,15-16,27,29H,13-14H2,1H3,(H,26,30). The van der Waals surface area contributed by atoms with Gasteiger partial charge >= 0.3 is 0 Å². The molecule has 0 saturated carbocycles. The van der Waals surface area contributed by atoms with Gasteiger partial charge in [0.1, 0.15) is 0 Å². The van der Waals surface area contributed by atoms with Crippen LogP contribution >= 0.6 is 11.6 Å². The first-order valence-electron chi connectivity index (χ1n) is 9.92. The van der Waals surface area contributed by atoms with Gasteiger partial charge in [0.2, 0.25) is 0 Å². The molecule has 0 aliphatic heterocycles. The minimum Gasteiger partial charge on any atom is -0.395 e. The Bertz CT molecular complexity index is 1230. The minimum absolute atomic E-state index is 0.0586. The van der Waals surface area contributed by atoms with E-state index in [2.05, 4.69) is 15.2 Å². The molecule has 0 saturated heterocycles. The number of carbonyl (C=O) groups excluding carboxylic acids is 1. The Morgan fingerprint density at radius 1 is 1.09 bits per heavy atom. The molecule has 3 aromatic carbocycles. The third-order valence-corrected chi connectivity index (χ3v) is 6.28. The molecule has 172 valence electrons. The average molecular weight is 487 g/mol. The highest BCUT2D eigenvalue weighted by Gasteiger charge is 2.16. The number of nitrogens with zero attached hydrogens (tertiary/aromatic N) is 2. The molecule has 0 aliphatic rings. The summed E-state index contributed by atoms with van der Waals surface area (Å²) < 4.78 is 27.8. The molecule has 0 aliphatic carbocycles. The summed E-state index contributed by atoms with van der Waals surface area (Å²) in [5, 5.41) is 13.4. The van der Waals surface area contributed by atoms with Crippen molar-refractivity contribution in [2.45, 2.75) is 4.90 Å². The second-order valence-corrected chi connectivity index (χ2v) is 9.19. The molecule has 0 heterocycles. The Hall–Kier alpha value is -3.40. The van der Waals surface area contributed by atoms with Gasteiger partial charge < -0.3 is 10.0 Å². The summed E-state index contributed by atoms with van der Waals surface area (Å²) in [5.74, 6) is -0.547. The molecule has 10 heteroatoms. The summed E-state index contributed by atoms with van der Waals surface area (Å²) in [6, 6.07) is 19.3. The maximum atomic E-state index is 12.7. The third kappa shape index (κ3) is 6.79. The Balaban J connectivity index is 1.65. The number of hydrogen-bond donors (Lipinski definition) is 3. The van der Waals surface area contributed by atoms with Crippen molar-refractivity contribution >= 4 is 45.1 Å². The van der Waals surface area contributed by atoms with Crippen LogP contribution in [0.1, 0.15) is 15.9 Å². The molecular weight excluding hydrogens is 464 g/mol. The minimum atomic E-state index is -3.89. The highest BCUT2D eigenvalue weighted by Crippen LogP contribution is 2.19. The Morgan fingerprint density at radius 3 is 2.45 bits per heavy atom. The van der Waals surface area contributed by atoms with Gasteiger partial charge in [-0.2, -0.15) is 5.10 Å². The van der Waals surface area contributed by atoms with Crippen molar-refractivity contribution in [3.63, 3.8) is 0 Å². The molecule has 0 unspecified atom stereocenters. The summed E-state index contributed by atoms with van der Waals surface area (Å²) in [6.07, 6.45) is 1.48. The van der Waals surface area contributed by atoms with Gasteiger partial charge in [0.15, 0.2) is 0 Å².